The second-order valence-corrected chi connectivity index (χ2v) is 7.15. The lowest BCUT2D eigenvalue weighted by atomic mass is 10.2. The lowest BCUT2D eigenvalue weighted by Crippen LogP contribution is -2.29. The number of benzene rings is 1. The Kier molecular flexibility index (Phi) is 3.47. The first kappa shape index (κ1) is 15.6. The van der Waals surface area contributed by atoms with Crippen molar-refractivity contribution in [3.8, 4) is 5.69 Å². The van der Waals surface area contributed by atoms with Gasteiger partial charge >= 0.3 is 4.83 Å². The van der Waals surface area contributed by atoms with E-state index in [0.29, 0.717) is 15.0 Å². The topological polar surface area (TPSA) is 62.2 Å². The van der Waals surface area contributed by atoms with E-state index in [-0.39, 0.29) is 5.56 Å². The van der Waals surface area contributed by atoms with Crippen LogP contribution in [0.1, 0.15) is 5.56 Å². The van der Waals surface area contributed by atoms with Gasteiger partial charge in [0.2, 0.25) is 6.20 Å². The lowest BCUT2D eigenvalue weighted by molar-refractivity contribution is -0.883. The predicted octanol–water partition coefficient (Wildman–Crippen LogP) is 2.50. The van der Waals surface area contributed by atoms with Gasteiger partial charge in [-0.3, -0.25) is 14.6 Å². The summed E-state index contributed by atoms with van der Waals surface area (Å²) < 4.78 is 3.11. The molecule has 0 saturated carbocycles. The van der Waals surface area contributed by atoms with E-state index >= 15 is 0 Å². The molecule has 4 aromatic rings. The molecule has 6 nitrogen and oxygen atoms in total. The summed E-state index contributed by atoms with van der Waals surface area (Å²) in [7, 11) is 3.85. The van der Waals surface area contributed by atoms with Crippen molar-refractivity contribution in [3.63, 3.8) is 0 Å². The van der Waals surface area contributed by atoms with Crippen molar-refractivity contribution >= 4 is 37.5 Å². The molecule has 25 heavy (non-hydrogen) atoms. The highest BCUT2D eigenvalue weighted by molar-refractivity contribution is 7.25. The van der Waals surface area contributed by atoms with E-state index < -0.39 is 0 Å². The highest BCUT2D eigenvalue weighted by Crippen LogP contribution is 2.34. The molecule has 0 aliphatic carbocycles. The summed E-state index contributed by atoms with van der Waals surface area (Å²) in [6, 6.07) is 9.52. The molecule has 0 amide bonds. The van der Waals surface area contributed by atoms with E-state index in [0.717, 1.165) is 27.1 Å². The van der Waals surface area contributed by atoms with Gasteiger partial charge in [0.15, 0.2) is 0 Å². The summed E-state index contributed by atoms with van der Waals surface area (Å²) in [6.07, 6.45) is 3.13. The third-order valence-electron chi connectivity index (χ3n) is 4.21. The van der Waals surface area contributed by atoms with Crippen LogP contribution in [0.2, 0.25) is 0 Å². The van der Waals surface area contributed by atoms with Gasteiger partial charge in [-0.2, -0.15) is 0 Å². The highest BCUT2D eigenvalue weighted by atomic mass is 32.1. The van der Waals surface area contributed by atoms with Crippen LogP contribution in [-0.2, 0) is 0 Å². The second kappa shape index (κ2) is 5.56. The van der Waals surface area contributed by atoms with Gasteiger partial charge in [-0.25, -0.2) is 4.98 Å². The van der Waals surface area contributed by atoms with Crippen molar-refractivity contribution in [1.82, 2.24) is 9.55 Å². The van der Waals surface area contributed by atoms with Gasteiger partial charge in [-0.05, 0) is 19.1 Å². The third-order valence-corrected chi connectivity index (χ3v) is 5.37. The molecule has 1 aromatic carbocycles. The zero-order valence-corrected chi connectivity index (χ0v) is 14.9. The van der Waals surface area contributed by atoms with Crippen molar-refractivity contribution in [3.05, 3.63) is 58.8 Å². The molecule has 0 bridgehead atoms. The summed E-state index contributed by atoms with van der Waals surface area (Å²) in [4.78, 5) is 20.1. The van der Waals surface area contributed by atoms with Crippen molar-refractivity contribution < 1.29 is 9.94 Å². The fourth-order valence-corrected chi connectivity index (χ4v) is 3.99. The standard InChI is InChI=1S/C18H17N4O2S/c1-11-4-6-12(7-5-11)21-10-19-15-14-13(20(2)3)8-9-22(24)18(14)25-16(15)17(21)23/h4-10,24H,1-3H3/q+1. The van der Waals surface area contributed by atoms with Gasteiger partial charge < -0.3 is 4.90 Å². The summed E-state index contributed by atoms with van der Waals surface area (Å²) in [5.74, 6) is 0. The van der Waals surface area contributed by atoms with Crippen LogP contribution in [0.15, 0.2) is 47.7 Å². The van der Waals surface area contributed by atoms with Crippen LogP contribution < -0.4 is 15.2 Å². The third kappa shape index (κ3) is 2.35. The first-order chi connectivity index (χ1) is 12.0. The van der Waals surface area contributed by atoms with Gasteiger partial charge in [0.1, 0.15) is 21.9 Å². The fourth-order valence-electron chi connectivity index (χ4n) is 2.90. The molecule has 0 spiro atoms. The van der Waals surface area contributed by atoms with Gasteiger partial charge in [-0.1, -0.05) is 29.0 Å². The Bertz CT molecular complexity index is 1160. The largest absolute Gasteiger partial charge is 0.377 e. The molecule has 1 N–H and O–H groups in total. The average molecular weight is 353 g/mol. The number of aryl methyl sites for hydroxylation is 1. The number of thiophene rings is 1. The van der Waals surface area contributed by atoms with Gasteiger partial charge in [-0.15, -0.1) is 0 Å². The Morgan fingerprint density at radius 2 is 1.92 bits per heavy atom. The molecule has 0 atom stereocenters. The molecule has 4 rings (SSSR count). The Hall–Kier alpha value is -2.93. The fraction of sp³-hybridized carbons (Fsp3) is 0.167. The number of fused-ring (bicyclic) bond motifs is 3. The lowest BCUT2D eigenvalue weighted by Gasteiger charge is -2.11. The Morgan fingerprint density at radius 3 is 2.60 bits per heavy atom. The van der Waals surface area contributed by atoms with Crippen LogP contribution in [0, 0.1) is 6.92 Å². The van der Waals surface area contributed by atoms with E-state index in [9.17, 15) is 10.0 Å². The molecule has 0 unspecified atom stereocenters. The molecule has 0 radical (unpaired) electrons. The Labute approximate surface area is 147 Å². The summed E-state index contributed by atoms with van der Waals surface area (Å²) in [5.41, 5.74) is 3.28. The number of rotatable bonds is 2. The molecule has 0 aliphatic rings. The molecular formula is C18H17N4O2S+. The Morgan fingerprint density at radius 1 is 1.20 bits per heavy atom. The monoisotopic (exact) mass is 353 g/mol. The average Bonchev–Trinajstić information content (AvgIpc) is 2.98. The van der Waals surface area contributed by atoms with E-state index in [1.54, 1.807) is 12.5 Å². The zero-order valence-electron chi connectivity index (χ0n) is 14.1. The van der Waals surface area contributed by atoms with E-state index in [1.807, 2.05) is 56.3 Å². The van der Waals surface area contributed by atoms with Crippen LogP contribution in [-0.4, -0.2) is 28.9 Å². The van der Waals surface area contributed by atoms with Crippen molar-refractivity contribution in [1.29, 1.82) is 0 Å². The number of hydrogen-bond donors (Lipinski definition) is 1. The van der Waals surface area contributed by atoms with E-state index in [4.69, 9.17) is 0 Å². The predicted molar refractivity (Wildman–Crippen MR) is 99.2 cm³/mol. The number of nitrogens with zero attached hydrogens (tertiary/aromatic N) is 4. The highest BCUT2D eigenvalue weighted by Gasteiger charge is 2.23. The smallest absolute Gasteiger partial charge is 0.324 e. The van der Waals surface area contributed by atoms with Gasteiger partial charge in [0.25, 0.3) is 5.56 Å². The van der Waals surface area contributed by atoms with E-state index in [1.165, 1.54) is 15.9 Å². The number of anilines is 1. The number of aromatic nitrogens is 3. The molecule has 0 saturated heterocycles. The molecule has 0 fully saturated rings. The van der Waals surface area contributed by atoms with Crippen LogP contribution in [0.4, 0.5) is 5.69 Å². The molecule has 0 aliphatic heterocycles. The molecule has 126 valence electrons. The van der Waals surface area contributed by atoms with Crippen molar-refractivity contribution in [2.45, 2.75) is 6.92 Å². The van der Waals surface area contributed by atoms with Crippen LogP contribution in [0.5, 0.6) is 0 Å². The maximum atomic E-state index is 13.0. The maximum Gasteiger partial charge on any atom is 0.324 e. The zero-order chi connectivity index (χ0) is 17.7. The molecule has 3 heterocycles. The second-order valence-electron chi connectivity index (χ2n) is 6.16. The molecule has 3 aromatic heterocycles. The summed E-state index contributed by atoms with van der Waals surface area (Å²) >= 11 is 1.25. The first-order valence-corrected chi connectivity index (χ1v) is 8.61. The van der Waals surface area contributed by atoms with Gasteiger partial charge in [0, 0.05) is 24.9 Å². The Balaban J connectivity index is 2.07. The van der Waals surface area contributed by atoms with Crippen LogP contribution in [0.3, 0.4) is 0 Å². The summed E-state index contributed by atoms with van der Waals surface area (Å²) in [5, 5.41) is 10.9. The minimum absolute atomic E-state index is 0.139. The normalized spacial score (nSPS) is 11.3. The van der Waals surface area contributed by atoms with Gasteiger partial charge in [0.05, 0.1) is 11.4 Å². The van der Waals surface area contributed by atoms with Crippen molar-refractivity contribution in [2.75, 3.05) is 19.0 Å². The number of hydrogen-bond acceptors (Lipinski definition) is 5. The van der Waals surface area contributed by atoms with Crippen LogP contribution >= 0.6 is 11.3 Å². The van der Waals surface area contributed by atoms with E-state index in [2.05, 4.69) is 4.98 Å². The minimum atomic E-state index is -0.139. The number of pyridine rings is 1. The minimum Gasteiger partial charge on any atom is -0.377 e. The SMILES string of the molecule is Cc1ccc(-n2cnc3c(sc4c3c(N(C)C)cc[n+]4O)c2=O)cc1. The quantitative estimate of drug-likeness (QED) is 0.444. The molecule has 7 heteroatoms. The molecular weight excluding hydrogens is 336 g/mol. The maximum absolute atomic E-state index is 13.0. The summed E-state index contributed by atoms with van der Waals surface area (Å²) in [6.45, 7) is 2.00. The first-order valence-electron chi connectivity index (χ1n) is 7.79. The van der Waals surface area contributed by atoms with Crippen LogP contribution in [0.25, 0.3) is 26.1 Å². The van der Waals surface area contributed by atoms with Crippen molar-refractivity contribution in [2.24, 2.45) is 0 Å².